The fraction of sp³-hybridized carbons (Fsp3) is 0.259. The molecule has 1 nitrogen and oxygen atoms in total. The fourth-order valence-electron chi connectivity index (χ4n) is 7.55. The molecule has 0 amide bonds. The first-order valence-corrected chi connectivity index (χ1v) is 21.0. The predicted octanol–water partition coefficient (Wildman–Crippen LogP) is 17.5. The summed E-state index contributed by atoms with van der Waals surface area (Å²) in [6.07, 6.45) is 47.1. The van der Waals surface area contributed by atoms with Gasteiger partial charge in [0.05, 0.1) is 0 Å². The third-order valence-corrected chi connectivity index (χ3v) is 10.7. The lowest BCUT2D eigenvalue weighted by atomic mass is 9.55. The van der Waals surface area contributed by atoms with Gasteiger partial charge in [-0.3, -0.25) is 0 Å². The van der Waals surface area contributed by atoms with Crippen LogP contribution >= 0.6 is 0 Å². The van der Waals surface area contributed by atoms with Crippen LogP contribution in [-0.2, 0) is 0 Å². The maximum atomic E-state index is 4.16. The number of aromatic nitrogens is 1. The van der Waals surface area contributed by atoms with Crippen molar-refractivity contribution >= 4 is 6.08 Å². The van der Waals surface area contributed by atoms with Crippen molar-refractivity contribution in [2.24, 2.45) is 5.41 Å². The van der Waals surface area contributed by atoms with E-state index in [1.165, 1.54) is 55.7 Å². The molecule has 0 aromatic carbocycles. The van der Waals surface area contributed by atoms with Gasteiger partial charge in [0.25, 0.3) is 0 Å². The minimum Gasteiger partial charge on any atom is -0.358 e. The number of H-pyrrole nitrogens is 1. The summed E-state index contributed by atoms with van der Waals surface area (Å²) in [6.45, 7) is 43.2. The van der Waals surface area contributed by atoms with E-state index >= 15 is 0 Å². The first kappa shape index (κ1) is 51.1. The lowest BCUT2D eigenvalue weighted by molar-refractivity contribution is 0.447. The number of aromatic amines is 1. The van der Waals surface area contributed by atoms with E-state index in [0.29, 0.717) is 0 Å². The number of hydrogen-bond acceptors (Lipinski definition) is 0. The zero-order valence-corrected chi connectivity index (χ0v) is 38.2. The van der Waals surface area contributed by atoms with Crippen molar-refractivity contribution in [1.29, 1.82) is 0 Å². The standard InChI is InChI=1S/C39H43N.C15H20.C2H6.C2H4/c1-9-14-16-17-19-23-34-25-27-38(40-34)29(6)32(13-5)24-26-37-33(22-18-15-10-2)28-39(37)30(7)35(20-11-3)36(21-12-4)31(39)8;1-5-14-11-10-12(3)8-7-9-13(4)15(14)6-2;2*1-2/h9-10,12-27,29,40H,2-3,5,28H2,1,4,6-8H3;5-9H,4,10-11H2,1-3H3;1-2H3;1-2H2/b14-9-,17-16-,18-15-,21-12-,23-19+,32-24+,33-22+,37-26+;9-7-,12-8-,14-5-,15-6-;;. The molecule has 0 radical (unpaired) electrons. The van der Waals surface area contributed by atoms with E-state index < -0.39 is 0 Å². The van der Waals surface area contributed by atoms with Crippen LogP contribution in [0.1, 0.15) is 106 Å². The largest absolute Gasteiger partial charge is 0.358 e. The zero-order valence-electron chi connectivity index (χ0n) is 38.2. The van der Waals surface area contributed by atoms with E-state index in [-0.39, 0.29) is 11.3 Å². The Kier molecular flexibility index (Phi) is 24.0. The SMILES string of the molecule is C=C.C=C1/C=C\C=C(\C)CCC(=C/C)/C1=C\C.C=C=CC1=C(C)C2(CC(=C\C=C/C=C)/C2=C\C=C(/C=C)C(C)c2ccc(/C=C/C=C\C=C/C)[nH]2)C(C)=C1/C=C\C.CC. The van der Waals surface area contributed by atoms with Gasteiger partial charge in [-0.05, 0) is 142 Å². The molecule has 1 heterocycles. The van der Waals surface area contributed by atoms with Gasteiger partial charge in [0.15, 0.2) is 0 Å². The van der Waals surface area contributed by atoms with Gasteiger partial charge in [-0.2, -0.15) is 0 Å². The summed E-state index contributed by atoms with van der Waals surface area (Å²) in [6, 6.07) is 4.28. The highest BCUT2D eigenvalue weighted by molar-refractivity contribution is 5.72. The van der Waals surface area contributed by atoms with Crippen molar-refractivity contribution in [3.8, 4) is 0 Å². The molecule has 1 spiro atoms. The molecule has 59 heavy (non-hydrogen) atoms. The Bertz CT molecular complexity index is 2100. The van der Waals surface area contributed by atoms with Gasteiger partial charge >= 0.3 is 0 Å². The van der Waals surface area contributed by atoms with Gasteiger partial charge in [0.2, 0.25) is 0 Å². The van der Waals surface area contributed by atoms with E-state index in [1.807, 2.05) is 75.5 Å². The molecule has 1 aromatic heterocycles. The molecule has 4 rings (SSSR count). The van der Waals surface area contributed by atoms with Gasteiger partial charge in [-0.1, -0.05) is 174 Å². The normalized spacial score (nSPS) is 23.1. The van der Waals surface area contributed by atoms with E-state index in [4.69, 9.17) is 0 Å². The molecule has 0 bridgehead atoms. The molecule has 1 saturated carbocycles. The molecular weight excluding hydrogens is 711 g/mol. The molecule has 2 atom stereocenters. The van der Waals surface area contributed by atoms with E-state index in [1.54, 1.807) is 0 Å². The summed E-state index contributed by atoms with van der Waals surface area (Å²) in [5.41, 5.74) is 19.5. The lowest BCUT2D eigenvalue weighted by Crippen LogP contribution is -2.36. The number of allylic oxidation sites excluding steroid dienone is 31. The maximum absolute atomic E-state index is 4.16. The molecule has 310 valence electrons. The zero-order chi connectivity index (χ0) is 44.4. The fourth-order valence-corrected chi connectivity index (χ4v) is 7.55. The Morgan fingerprint density at radius 1 is 0.814 bits per heavy atom. The third kappa shape index (κ3) is 13.6. The van der Waals surface area contributed by atoms with Crippen LogP contribution in [0.4, 0.5) is 0 Å². The molecule has 1 aromatic rings. The summed E-state index contributed by atoms with van der Waals surface area (Å²) in [5.74, 6) is 0.175. The van der Waals surface area contributed by atoms with Crippen molar-refractivity contribution in [3.63, 3.8) is 0 Å². The Balaban J connectivity index is 0.000000763. The highest BCUT2D eigenvalue weighted by Crippen LogP contribution is 2.64. The third-order valence-electron chi connectivity index (χ3n) is 10.7. The van der Waals surface area contributed by atoms with Crippen LogP contribution in [0.25, 0.3) is 6.08 Å². The van der Waals surface area contributed by atoms with E-state index in [9.17, 15) is 0 Å². The smallest absolute Gasteiger partial charge is 0.0426 e. The van der Waals surface area contributed by atoms with Gasteiger partial charge in [0, 0.05) is 22.7 Å². The van der Waals surface area contributed by atoms with Crippen molar-refractivity contribution in [2.75, 3.05) is 0 Å². The molecule has 1 heteroatoms. The van der Waals surface area contributed by atoms with Crippen molar-refractivity contribution in [1.82, 2.24) is 4.98 Å². The molecular formula is C58H73N. The number of hydrogen-bond donors (Lipinski definition) is 1. The molecule has 1 N–H and O–H groups in total. The minimum absolute atomic E-state index is 0.123. The van der Waals surface area contributed by atoms with Crippen LogP contribution in [-0.4, -0.2) is 4.98 Å². The van der Waals surface area contributed by atoms with Crippen molar-refractivity contribution in [3.05, 3.63) is 252 Å². The Morgan fingerprint density at radius 2 is 1.51 bits per heavy atom. The van der Waals surface area contributed by atoms with Gasteiger partial charge in [0.1, 0.15) is 0 Å². The molecule has 1 fully saturated rings. The van der Waals surface area contributed by atoms with Gasteiger partial charge < -0.3 is 4.98 Å². The predicted molar refractivity (Wildman–Crippen MR) is 268 cm³/mol. The summed E-state index contributed by atoms with van der Waals surface area (Å²) >= 11 is 0. The van der Waals surface area contributed by atoms with Crippen LogP contribution in [0.15, 0.2) is 240 Å². The molecule has 2 unspecified atom stereocenters. The van der Waals surface area contributed by atoms with Crippen molar-refractivity contribution < 1.29 is 0 Å². The van der Waals surface area contributed by atoms with Gasteiger partial charge in [-0.15, -0.1) is 18.9 Å². The summed E-state index contributed by atoms with van der Waals surface area (Å²) in [4.78, 5) is 3.56. The second-order valence-electron chi connectivity index (χ2n) is 14.0. The number of nitrogens with one attached hydrogen (secondary N) is 1. The molecule has 0 aliphatic heterocycles. The highest BCUT2D eigenvalue weighted by Gasteiger charge is 2.52. The summed E-state index contributed by atoms with van der Waals surface area (Å²) < 4.78 is 0. The second kappa shape index (κ2) is 27.7. The number of rotatable bonds is 11. The topological polar surface area (TPSA) is 15.8 Å². The quantitative estimate of drug-likeness (QED) is 0.131. The van der Waals surface area contributed by atoms with Crippen LogP contribution in [0.2, 0.25) is 0 Å². The first-order valence-electron chi connectivity index (χ1n) is 21.0. The monoisotopic (exact) mass is 784 g/mol. The Labute approximate surface area is 361 Å². The lowest BCUT2D eigenvalue weighted by Gasteiger charge is -2.47. The van der Waals surface area contributed by atoms with Gasteiger partial charge in [-0.25, -0.2) is 0 Å². The van der Waals surface area contributed by atoms with Crippen molar-refractivity contribution in [2.45, 2.75) is 94.4 Å². The Hall–Kier alpha value is -5.88. The molecule has 3 aliphatic rings. The highest BCUT2D eigenvalue weighted by atomic mass is 14.7. The Morgan fingerprint density at radius 3 is 2.12 bits per heavy atom. The van der Waals surface area contributed by atoms with Crippen LogP contribution in [0.3, 0.4) is 0 Å². The summed E-state index contributed by atoms with van der Waals surface area (Å²) in [7, 11) is 0. The van der Waals surface area contributed by atoms with Crippen LogP contribution < -0.4 is 0 Å². The average molecular weight is 784 g/mol. The van der Waals surface area contributed by atoms with Crippen LogP contribution in [0, 0.1) is 5.41 Å². The maximum Gasteiger partial charge on any atom is 0.0426 e. The average Bonchev–Trinajstić information content (AvgIpc) is 3.81. The molecule has 0 saturated heterocycles. The molecule has 3 aliphatic carbocycles. The van der Waals surface area contributed by atoms with Crippen LogP contribution in [0.5, 0.6) is 0 Å². The van der Waals surface area contributed by atoms with E-state index in [2.05, 4.69) is 184 Å². The minimum atomic E-state index is -0.123. The summed E-state index contributed by atoms with van der Waals surface area (Å²) in [5, 5.41) is 0. The second-order valence-corrected chi connectivity index (χ2v) is 14.0. The van der Waals surface area contributed by atoms with E-state index in [0.717, 1.165) is 36.2 Å². The first-order chi connectivity index (χ1) is 28.6.